The smallest absolute Gasteiger partial charge is 0.335 e. The Balaban J connectivity index is 2.24. The quantitative estimate of drug-likeness (QED) is 0.829. The summed E-state index contributed by atoms with van der Waals surface area (Å²) in [6.45, 7) is 6.06. The average Bonchev–Trinajstić information content (AvgIpc) is 2.37. The highest BCUT2D eigenvalue weighted by atomic mass is 16.4. The summed E-state index contributed by atoms with van der Waals surface area (Å²) in [6, 6.07) is 3.41. The minimum atomic E-state index is -0.870. The predicted molar refractivity (Wildman–Crippen MR) is 80.4 cm³/mol. The van der Waals surface area contributed by atoms with Gasteiger partial charge in [-0.05, 0) is 44.2 Å². The fourth-order valence-corrected chi connectivity index (χ4v) is 2.61. The van der Waals surface area contributed by atoms with Crippen LogP contribution >= 0.6 is 0 Å². The zero-order valence-electron chi connectivity index (χ0n) is 12.4. The molecule has 20 heavy (non-hydrogen) atoms. The van der Waals surface area contributed by atoms with Gasteiger partial charge in [0, 0.05) is 18.8 Å². The number of anilines is 1. The first-order chi connectivity index (χ1) is 9.63. The van der Waals surface area contributed by atoms with Gasteiger partial charge in [-0.3, -0.25) is 0 Å². The van der Waals surface area contributed by atoms with E-state index in [-0.39, 0.29) is 0 Å². The molecule has 1 aromatic rings. The molecular formula is C16H24N2O2. The summed E-state index contributed by atoms with van der Waals surface area (Å²) >= 11 is 0. The second kappa shape index (κ2) is 6.73. The van der Waals surface area contributed by atoms with Gasteiger partial charge >= 0.3 is 5.97 Å². The van der Waals surface area contributed by atoms with Crippen LogP contribution in [0.3, 0.4) is 0 Å². The molecular weight excluding hydrogens is 252 g/mol. The number of aromatic nitrogens is 1. The van der Waals surface area contributed by atoms with Crippen LogP contribution in [0.2, 0.25) is 0 Å². The van der Waals surface area contributed by atoms with Gasteiger partial charge in [0.15, 0.2) is 0 Å². The Hall–Kier alpha value is -1.58. The molecule has 0 bridgehead atoms. The molecule has 1 heterocycles. The van der Waals surface area contributed by atoms with Crippen LogP contribution in [0, 0.1) is 5.92 Å². The highest BCUT2D eigenvalue weighted by Gasteiger charge is 2.21. The fourth-order valence-electron chi connectivity index (χ4n) is 2.61. The van der Waals surface area contributed by atoms with Gasteiger partial charge in [-0.2, -0.15) is 0 Å². The Labute approximate surface area is 120 Å². The molecule has 0 atom stereocenters. The van der Waals surface area contributed by atoms with Crippen molar-refractivity contribution >= 4 is 11.8 Å². The van der Waals surface area contributed by atoms with Crippen LogP contribution in [-0.2, 0) is 6.42 Å². The van der Waals surface area contributed by atoms with E-state index in [0.717, 1.165) is 43.4 Å². The molecule has 0 aromatic carbocycles. The van der Waals surface area contributed by atoms with Crippen LogP contribution in [0.4, 0.5) is 5.82 Å². The number of carboxylic acid groups (broad SMARTS) is 1. The molecule has 1 fully saturated rings. The van der Waals surface area contributed by atoms with E-state index in [2.05, 4.69) is 23.7 Å². The lowest BCUT2D eigenvalue weighted by atomic mass is 9.85. The molecule has 4 nitrogen and oxygen atoms in total. The maximum atomic E-state index is 11.3. The van der Waals surface area contributed by atoms with Crippen molar-refractivity contribution in [2.45, 2.75) is 46.0 Å². The number of hydrogen-bond donors (Lipinski definition) is 1. The van der Waals surface area contributed by atoms with E-state index < -0.39 is 5.97 Å². The van der Waals surface area contributed by atoms with Gasteiger partial charge in [0.25, 0.3) is 0 Å². The van der Waals surface area contributed by atoms with Crippen molar-refractivity contribution < 1.29 is 9.90 Å². The zero-order chi connectivity index (χ0) is 14.5. The summed E-state index contributed by atoms with van der Waals surface area (Å²) < 4.78 is 0. The van der Waals surface area contributed by atoms with Gasteiger partial charge in [-0.1, -0.05) is 19.8 Å². The van der Waals surface area contributed by atoms with Gasteiger partial charge in [0.2, 0.25) is 0 Å². The van der Waals surface area contributed by atoms with Crippen LogP contribution in [0.5, 0.6) is 0 Å². The largest absolute Gasteiger partial charge is 0.478 e. The Kier molecular flexibility index (Phi) is 4.99. The maximum Gasteiger partial charge on any atom is 0.335 e. The number of aromatic carboxylic acids is 1. The summed E-state index contributed by atoms with van der Waals surface area (Å²) in [5.74, 6) is 0.702. The third kappa shape index (κ3) is 3.50. The lowest BCUT2D eigenvalue weighted by molar-refractivity contribution is 0.0696. The second-order valence-corrected chi connectivity index (χ2v) is 5.60. The number of carbonyl (C=O) groups is 1. The molecule has 1 saturated carbocycles. The third-order valence-corrected chi connectivity index (χ3v) is 4.03. The number of aryl methyl sites for hydroxylation is 1. The fraction of sp³-hybridized carbons (Fsp3) is 0.625. The van der Waals surface area contributed by atoms with Crippen molar-refractivity contribution in [3.05, 3.63) is 23.4 Å². The van der Waals surface area contributed by atoms with E-state index in [1.807, 2.05) is 0 Å². The molecule has 0 amide bonds. The van der Waals surface area contributed by atoms with Gasteiger partial charge in [0.1, 0.15) is 5.82 Å². The van der Waals surface area contributed by atoms with E-state index in [4.69, 9.17) is 0 Å². The van der Waals surface area contributed by atoms with Crippen molar-refractivity contribution in [1.29, 1.82) is 0 Å². The molecule has 110 valence electrons. The van der Waals surface area contributed by atoms with Gasteiger partial charge in [-0.25, -0.2) is 9.78 Å². The number of hydrogen-bond acceptors (Lipinski definition) is 3. The molecule has 4 heteroatoms. The lowest BCUT2D eigenvalue weighted by Gasteiger charge is -2.32. The molecule has 1 aliphatic rings. The average molecular weight is 276 g/mol. The molecule has 0 unspecified atom stereocenters. The first-order valence-corrected chi connectivity index (χ1v) is 7.63. The van der Waals surface area contributed by atoms with Crippen LogP contribution in [0.15, 0.2) is 12.1 Å². The highest BCUT2D eigenvalue weighted by molar-refractivity contribution is 5.88. The number of carboxylic acids is 1. The van der Waals surface area contributed by atoms with Crippen LogP contribution in [0.25, 0.3) is 0 Å². The summed E-state index contributed by atoms with van der Waals surface area (Å²) in [5, 5.41) is 9.25. The number of pyridine rings is 1. The summed E-state index contributed by atoms with van der Waals surface area (Å²) in [7, 11) is 0. The SMILES string of the molecule is CCCc1cc(C(=O)O)cc(N(CC)CC2CCC2)n1. The zero-order valence-corrected chi connectivity index (χ0v) is 12.4. The molecule has 1 aromatic heterocycles. The molecule has 0 saturated heterocycles. The van der Waals surface area contributed by atoms with Crippen LogP contribution < -0.4 is 4.90 Å². The topological polar surface area (TPSA) is 53.4 Å². The summed E-state index contributed by atoms with van der Waals surface area (Å²) in [5.41, 5.74) is 1.24. The van der Waals surface area contributed by atoms with Gasteiger partial charge in [-0.15, -0.1) is 0 Å². The van der Waals surface area contributed by atoms with E-state index >= 15 is 0 Å². The van der Waals surface area contributed by atoms with Gasteiger partial charge in [0.05, 0.1) is 5.56 Å². The predicted octanol–water partition coefficient (Wildman–Crippen LogP) is 3.36. The molecule has 0 aliphatic heterocycles. The van der Waals surface area contributed by atoms with E-state index in [9.17, 15) is 9.90 Å². The van der Waals surface area contributed by atoms with Crippen molar-refractivity contribution in [3.8, 4) is 0 Å². The Bertz CT molecular complexity index is 470. The first-order valence-electron chi connectivity index (χ1n) is 7.63. The Morgan fingerprint density at radius 1 is 1.40 bits per heavy atom. The second-order valence-electron chi connectivity index (χ2n) is 5.60. The monoisotopic (exact) mass is 276 g/mol. The maximum absolute atomic E-state index is 11.3. The summed E-state index contributed by atoms with van der Waals surface area (Å²) in [6.07, 6.45) is 5.71. The van der Waals surface area contributed by atoms with Crippen LogP contribution in [0.1, 0.15) is 55.6 Å². The minimum absolute atomic E-state index is 0.352. The van der Waals surface area contributed by atoms with Crippen molar-refractivity contribution in [1.82, 2.24) is 4.98 Å². The minimum Gasteiger partial charge on any atom is -0.478 e. The molecule has 1 aliphatic carbocycles. The molecule has 0 radical (unpaired) electrons. The number of rotatable bonds is 7. The Morgan fingerprint density at radius 3 is 2.65 bits per heavy atom. The molecule has 1 N–H and O–H groups in total. The van der Waals surface area contributed by atoms with Crippen LogP contribution in [-0.4, -0.2) is 29.1 Å². The Morgan fingerprint density at radius 2 is 2.15 bits per heavy atom. The van der Waals surface area contributed by atoms with Crippen molar-refractivity contribution in [2.24, 2.45) is 5.92 Å². The highest BCUT2D eigenvalue weighted by Crippen LogP contribution is 2.28. The van der Waals surface area contributed by atoms with E-state index in [1.54, 1.807) is 12.1 Å². The molecule has 0 spiro atoms. The van der Waals surface area contributed by atoms with Gasteiger partial charge < -0.3 is 10.0 Å². The lowest BCUT2D eigenvalue weighted by Crippen LogP contribution is -2.33. The third-order valence-electron chi connectivity index (χ3n) is 4.03. The number of nitrogens with zero attached hydrogens (tertiary/aromatic N) is 2. The first kappa shape index (κ1) is 14.8. The van der Waals surface area contributed by atoms with Crippen molar-refractivity contribution in [3.63, 3.8) is 0 Å². The van der Waals surface area contributed by atoms with Crippen molar-refractivity contribution in [2.75, 3.05) is 18.0 Å². The normalized spacial score (nSPS) is 14.9. The standard InChI is InChI=1S/C16H24N2O2/c1-3-6-14-9-13(16(19)20)10-15(17-14)18(4-2)11-12-7-5-8-12/h9-10,12H,3-8,11H2,1-2H3,(H,19,20). The summed E-state index contributed by atoms with van der Waals surface area (Å²) in [4.78, 5) is 18.1. The molecule has 2 rings (SSSR count). The van der Waals surface area contributed by atoms with E-state index in [0.29, 0.717) is 5.56 Å². The van der Waals surface area contributed by atoms with E-state index in [1.165, 1.54) is 19.3 Å².